The zero-order valence-corrected chi connectivity index (χ0v) is 8.49. The molecular formula is C9H11NO3S. The van der Waals surface area contributed by atoms with Crippen LogP contribution in [0.25, 0.3) is 0 Å². The van der Waals surface area contributed by atoms with Crippen LogP contribution in [0.4, 0.5) is 0 Å². The quantitative estimate of drug-likeness (QED) is 0.768. The number of para-hydroxylation sites is 1. The highest BCUT2D eigenvalue weighted by Gasteiger charge is 2.13. The van der Waals surface area contributed by atoms with Crippen molar-refractivity contribution in [3.05, 3.63) is 36.6 Å². The minimum atomic E-state index is -3.72. The molecule has 0 aliphatic rings. The molecule has 0 fully saturated rings. The molecule has 2 N–H and O–H groups in total. The monoisotopic (exact) mass is 213 g/mol. The minimum absolute atomic E-state index is 0.0156. The number of hydrogen-bond donors (Lipinski definition) is 1. The Balaban J connectivity index is 3.16. The van der Waals surface area contributed by atoms with E-state index >= 15 is 0 Å². The van der Waals surface area contributed by atoms with E-state index in [1.165, 1.54) is 12.3 Å². The van der Waals surface area contributed by atoms with Crippen LogP contribution in [0.3, 0.4) is 0 Å². The number of primary sulfonamides is 1. The highest BCUT2D eigenvalue weighted by Crippen LogP contribution is 2.21. The molecule has 0 aliphatic carbocycles. The van der Waals surface area contributed by atoms with Gasteiger partial charge in [-0.1, -0.05) is 18.2 Å². The predicted octanol–water partition coefficient (Wildman–Crippen LogP) is 1.25. The fraction of sp³-hybridized carbons (Fsp3) is 0.111. The lowest BCUT2D eigenvalue weighted by atomic mass is 10.3. The smallest absolute Gasteiger partial charge is 0.241 e. The number of ether oxygens (including phenoxy) is 1. The van der Waals surface area contributed by atoms with Gasteiger partial charge in [0.05, 0.1) is 6.26 Å². The van der Waals surface area contributed by atoms with Crippen LogP contribution in [-0.4, -0.2) is 8.42 Å². The predicted molar refractivity (Wildman–Crippen MR) is 53.3 cm³/mol. The number of benzene rings is 1. The molecule has 1 aromatic carbocycles. The van der Waals surface area contributed by atoms with Crippen molar-refractivity contribution in [2.75, 3.05) is 0 Å². The normalized spacial score (nSPS) is 11.9. The third-order valence-electron chi connectivity index (χ3n) is 1.49. The standard InChI is InChI=1S/C9H11NO3S/c1-2-7-13-8-5-3-4-6-9(8)14(10,11)12/h2-7H,1H3,(H2,10,11,12)/b7-2+. The summed E-state index contributed by atoms with van der Waals surface area (Å²) < 4.78 is 27.3. The molecule has 0 heterocycles. The van der Waals surface area contributed by atoms with Gasteiger partial charge in [0, 0.05) is 0 Å². The maximum atomic E-state index is 11.1. The van der Waals surface area contributed by atoms with Crippen molar-refractivity contribution in [3.63, 3.8) is 0 Å². The summed E-state index contributed by atoms with van der Waals surface area (Å²) in [5.41, 5.74) is 0. The molecule has 0 amide bonds. The SMILES string of the molecule is C/C=C/Oc1ccccc1S(N)(=O)=O. The molecule has 0 bridgehead atoms. The van der Waals surface area contributed by atoms with Crippen molar-refractivity contribution >= 4 is 10.0 Å². The van der Waals surface area contributed by atoms with Gasteiger partial charge in [-0.05, 0) is 19.1 Å². The van der Waals surface area contributed by atoms with Gasteiger partial charge in [-0.3, -0.25) is 0 Å². The van der Waals surface area contributed by atoms with E-state index in [2.05, 4.69) is 0 Å². The first-order chi connectivity index (χ1) is 6.55. The first kappa shape index (κ1) is 10.7. The summed E-state index contributed by atoms with van der Waals surface area (Å²) in [6.07, 6.45) is 3.05. The van der Waals surface area contributed by atoms with E-state index in [4.69, 9.17) is 9.88 Å². The highest BCUT2D eigenvalue weighted by atomic mass is 32.2. The Bertz CT molecular complexity index is 437. The van der Waals surface area contributed by atoms with Gasteiger partial charge in [-0.2, -0.15) is 0 Å². The molecule has 1 rings (SSSR count). The zero-order valence-electron chi connectivity index (χ0n) is 7.67. The van der Waals surface area contributed by atoms with Crippen molar-refractivity contribution in [1.29, 1.82) is 0 Å². The Hall–Kier alpha value is -1.33. The highest BCUT2D eigenvalue weighted by molar-refractivity contribution is 7.89. The van der Waals surface area contributed by atoms with E-state index in [0.717, 1.165) is 0 Å². The molecule has 0 spiro atoms. The lowest BCUT2D eigenvalue weighted by molar-refractivity contribution is 0.465. The van der Waals surface area contributed by atoms with Crippen molar-refractivity contribution in [2.45, 2.75) is 11.8 Å². The minimum Gasteiger partial charge on any atom is -0.464 e. The topological polar surface area (TPSA) is 69.4 Å². The van der Waals surface area contributed by atoms with E-state index in [-0.39, 0.29) is 10.6 Å². The van der Waals surface area contributed by atoms with Gasteiger partial charge in [0.15, 0.2) is 0 Å². The molecule has 5 heteroatoms. The maximum absolute atomic E-state index is 11.1. The zero-order chi connectivity index (χ0) is 10.6. The summed E-state index contributed by atoms with van der Waals surface area (Å²) in [5.74, 6) is 0.230. The summed E-state index contributed by atoms with van der Waals surface area (Å²) in [6, 6.07) is 6.20. The van der Waals surface area contributed by atoms with E-state index in [1.54, 1.807) is 31.2 Å². The van der Waals surface area contributed by atoms with Gasteiger partial charge in [0.2, 0.25) is 10.0 Å². The average Bonchev–Trinajstić information content (AvgIpc) is 2.14. The van der Waals surface area contributed by atoms with E-state index in [0.29, 0.717) is 0 Å². The summed E-state index contributed by atoms with van der Waals surface area (Å²) in [5, 5.41) is 5.00. The molecule has 0 saturated heterocycles. The van der Waals surface area contributed by atoms with E-state index in [9.17, 15) is 8.42 Å². The number of nitrogens with two attached hydrogens (primary N) is 1. The fourth-order valence-corrected chi connectivity index (χ4v) is 1.59. The molecular weight excluding hydrogens is 202 g/mol. The van der Waals surface area contributed by atoms with Crippen molar-refractivity contribution in [1.82, 2.24) is 0 Å². The van der Waals surface area contributed by atoms with Gasteiger partial charge < -0.3 is 4.74 Å². The van der Waals surface area contributed by atoms with Gasteiger partial charge in [-0.15, -0.1) is 0 Å². The molecule has 0 saturated carbocycles. The van der Waals surface area contributed by atoms with Crippen molar-refractivity contribution in [2.24, 2.45) is 5.14 Å². The van der Waals surface area contributed by atoms with Gasteiger partial charge in [0.1, 0.15) is 10.6 Å². The Kier molecular flexibility index (Phi) is 3.27. The molecule has 14 heavy (non-hydrogen) atoms. The van der Waals surface area contributed by atoms with Crippen LogP contribution in [0.1, 0.15) is 6.92 Å². The van der Waals surface area contributed by atoms with E-state index < -0.39 is 10.0 Å². The number of rotatable bonds is 3. The molecule has 0 radical (unpaired) electrons. The Morgan fingerprint density at radius 3 is 2.57 bits per heavy atom. The first-order valence-corrected chi connectivity index (χ1v) is 5.50. The largest absolute Gasteiger partial charge is 0.464 e. The summed E-state index contributed by atoms with van der Waals surface area (Å²) in [4.78, 5) is -0.0156. The van der Waals surface area contributed by atoms with Crippen molar-refractivity contribution in [3.8, 4) is 5.75 Å². The van der Waals surface area contributed by atoms with Crippen LogP contribution >= 0.6 is 0 Å². The van der Waals surface area contributed by atoms with Crippen LogP contribution in [0.15, 0.2) is 41.5 Å². The van der Waals surface area contributed by atoms with Crippen molar-refractivity contribution < 1.29 is 13.2 Å². The number of sulfonamides is 1. The number of hydrogen-bond acceptors (Lipinski definition) is 3. The third kappa shape index (κ3) is 2.58. The van der Waals surface area contributed by atoms with Gasteiger partial charge in [-0.25, -0.2) is 13.6 Å². The molecule has 76 valence electrons. The second-order valence-corrected chi connectivity index (χ2v) is 4.11. The molecule has 4 nitrogen and oxygen atoms in total. The first-order valence-electron chi connectivity index (χ1n) is 3.95. The maximum Gasteiger partial charge on any atom is 0.241 e. The molecule has 0 atom stereocenters. The molecule has 1 aromatic rings. The lowest BCUT2D eigenvalue weighted by Crippen LogP contribution is -2.13. The van der Waals surface area contributed by atoms with Crippen LogP contribution < -0.4 is 9.88 Å². The van der Waals surface area contributed by atoms with Gasteiger partial charge in [0.25, 0.3) is 0 Å². The Morgan fingerprint density at radius 2 is 2.00 bits per heavy atom. The van der Waals surface area contributed by atoms with E-state index in [1.807, 2.05) is 0 Å². The fourth-order valence-electron chi connectivity index (χ4n) is 0.924. The summed E-state index contributed by atoms with van der Waals surface area (Å²) in [7, 11) is -3.72. The Morgan fingerprint density at radius 1 is 1.36 bits per heavy atom. The van der Waals surface area contributed by atoms with Crippen LogP contribution in [0.2, 0.25) is 0 Å². The lowest BCUT2D eigenvalue weighted by Gasteiger charge is -2.05. The second kappa shape index (κ2) is 4.26. The third-order valence-corrected chi connectivity index (χ3v) is 2.44. The molecule has 0 aliphatic heterocycles. The second-order valence-electron chi connectivity index (χ2n) is 2.58. The van der Waals surface area contributed by atoms with Crippen LogP contribution in [0, 0.1) is 0 Å². The summed E-state index contributed by atoms with van der Waals surface area (Å²) >= 11 is 0. The average molecular weight is 213 g/mol. The van der Waals surface area contributed by atoms with Crippen LogP contribution in [0.5, 0.6) is 5.75 Å². The number of allylic oxidation sites excluding steroid dienone is 1. The van der Waals surface area contributed by atoms with Crippen LogP contribution in [-0.2, 0) is 10.0 Å². The molecule has 0 unspecified atom stereocenters. The summed E-state index contributed by atoms with van der Waals surface area (Å²) in [6.45, 7) is 1.76. The Labute approximate surface area is 83.1 Å². The molecule has 0 aromatic heterocycles. The van der Waals surface area contributed by atoms with Gasteiger partial charge >= 0.3 is 0 Å².